The van der Waals surface area contributed by atoms with Crippen LogP contribution in [-0.4, -0.2) is 35.3 Å². The van der Waals surface area contributed by atoms with E-state index in [2.05, 4.69) is 10.1 Å². The van der Waals surface area contributed by atoms with E-state index in [-0.39, 0.29) is 16.9 Å². The van der Waals surface area contributed by atoms with Gasteiger partial charge in [0, 0.05) is 5.69 Å². The van der Waals surface area contributed by atoms with Crippen molar-refractivity contribution >= 4 is 23.4 Å². The molecule has 8 heteroatoms. The van der Waals surface area contributed by atoms with Gasteiger partial charge in [0.2, 0.25) is 5.91 Å². The molecule has 0 saturated carbocycles. The Hall–Kier alpha value is -3.29. The van der Waals surface area contributed by atoms with Crippen LogP contribution in [0.4, 0.5) is 14.5 Å². The number of fused-ring (bicyclic) bond motifs is 1. The first kappa shape index (κ1) is 17.5. The van der Waals surface area contributed by atoms with E-state index in [4.69, 9.17) is 0 Å². The van der Waals surface area contributed by atoms with Gasteiger partial charge in [-0.15, -0.1) is 0 Å². The Balaban J connectivity index is 1.71. The molecule has 0 spiro atoms. The Bertz CT molecular complexity index is 833. The van der Waals surface area contributed by atoms with Crippen molar-refractivity contribution in [2.75, 3.05) is 5.32 Å². The van der Waals surface area contributed by atoms with Gasteiger partial charge in [0.15, 0.2) is 0 Å². The Labute approximate surface area is 147 Å². The van der Waals surface area contributed by atoms with Gasteiger partial charge in [0.1, 0.15) is 11.8 Å². The summed E-state index contributed by atoms with van der Waals surface area (Å²) in [4.78, 5) is 38.1. The van der Waals surface area contributed by atoms with Gasteiger partial charge in [-0.05, 0) is 43.3 Å². The number of carbonyl (C=O) groups is 3. The lowest BCUT2D eigenvalue weighted by molar-refractivity contribution is -0.119. The van der Waals surface area contributed by atoms with Crippen LogP contribution in [-0.2, 0) is 4.79 Å². The summed E-state index contributed by atoms with van der Waals surface area (Å²) in [6, 6.07) is 10.6. The van der Waals surface area contributed by atoms with Crippen molar-refractivity contribution in [3.8, 4) is 5.75 Å². The van der Waals surface area contributed by atoms with Crippen molar-refractivity contribution in [3.63, 3.8) is 0 Å². The number of rotatable bonds is 5. The molecule has 2 aromatic carbocycles. The summed E-state index contributed by atoms with van der Waals surface area (Å²) >= 11 is 0. The quantitative estimate of drug-likeness (QED) is 0.832. The van der Waals surface area contributed by atoms with Crippen LogP contribution in [0.5, 0.6) is 5.75 Å². The maximum atomic E-state index is 12.4. The van der Waals surface area contributed by atoms with E-state index in [9.17, 15) is 23.2 Å². The van der Waals surface area contributed by atoms with Crippen molar-refractivity contribution < 1.29 is 27.9 Å². The predicted octanol–water partition coefficient (Wildman–Crippen LogP) is 2.91. The van der Waals surface area contributed by atoms with Gasteiger partial charge in [0.05, 0.1) is 11.1 Å². The summed E-state index contributed by atoms with van der Waals surface area (Å²) in [7, 11) is 0. The van der Waals surface area contributed by atoms with E-state index in [1.54, 1.807) is 12.1 Å². The lowest BCUT2D eigenvalue weighted by atomic mass is 10.1. The number of ether oxygens (including phenoxy) is 1. The SMILES string of the molecule is C[C@H](C(=O)Nc1ccc(OC(F)F)cc1)N1C(=O)c2ccccc2C1=O. The van der Waals surface area contributed by atoms with E-state index in [0.29, 0.717) is 5.69 Å². The topological polar surface area (TPSA) is 75.7 Å². The minimum atomic E-state index is -2.94. The van der Waals surface area contributed by atoms with Crippen LogP contribution >= 0.6 is 0 Å². The van der Waals surface area contributed by atoms with Crippen LogP contribution in [0.1, 0.15) is 27.6 Å². The fourth-order valence-corrected chi connectivity index (χ4v) is 2.64. The minimum absolute atomic E-state index is 0.0496. The van der Waals surface area contributed by atoms with Crippen LogP contribution in [0, 0.1) is 0 Å². The molecule has 1 N–H and O–H groups in total. The molecule has 0 bridgehead atoms. The molecule has 0 saturated heterocycles. The van der Waals surface area contributed by atoms with Crippen molar-refractivity contribution in [2.45, 2.75) is 19.6 Å². The third-order valence-corrected chi connectivity index (χ3v) is 3.94. The molecule has 2 aromatic rings. The number of imide groups is 1. The number of anilines is 1. The molecule has 1 heterocycles. The molecule has 1 aliphatic heterocycles. The number of nitrogens with zero attached hydrogens (tertiary/aromatic N) is 1. The number of amides is 3. The average molecular weight is 360 g/mol. The molecule has 6 nitrogen and oxygen atoms in total. The van der Waals surface area contributed by atoms with Crippen molar-refractivity contribution in [3.05, 3.63) is 59.7 Å². The van der Waals surface area contributed by atoms with Gasteiger partial charge in [-0.2, -0.15) is 8.78 Å². The minimum Gasteiger partial charge on any atom is -0.435 e. The second kappa shape index (κ2) is 6.91. The van der Waals surface area contributed by atoms with Gasteiger partial charge >= 0.3 is 6.61 Å². The maximum absolute atomic E-state index is 12.4. The fourth-order valence-electron chi connectivity index (χ4n) is 2.64. The summed E-state index contributed by atoms with van der Waals surface area (Å²) in [6.07, 6.45) is 0. The van der Waals surface area contributed by atoms with Crippen molar-refractivity contribution in [2.24, 2.45) is 0 Å². The van der Waals surface area contributed by atoms with Crippen LogP contribution in [0.15, 0.2) is 48.5 Å². The average Bonchev–Trinajstić information content (AvgIpc) is 2.87. The van der Waals surface area contributed by atoms with Crippen LogP contribution in [0.2, 0.25) is 0 Å². The zero-order valence-electron chi connectivity index (χ0n) is 13.6. The molecule has 3 amide bonds. The largest absolute Gasteiger partial charge is 0.435 e. The molecule has 1 atom stereocenters. The summed E-state index contributed by atoms with van der Waals surface area (Å²) in [5, 5.41) is 2.54. The smallest absolute Gasteiger partial charge is 0.387 e. The molecule has 0 fully saturated rings. The van der Waals surface area contributed by atoms with E-state index >= 15 is 0 Å². The van der Waals surface area contributed by atoms with Gasteiger partial charge in [-0.25, -0.2) is 0 Å². The Morgan fingerprint density at radius 2 is 1.54 bits per heavy atom. The standard InChI is InChI=1S/C18H14F2N2O4/c1-10(22-16(24)13-4-2-3-5-14(13)17(22)25)15(23)21-11-6-8-12(9-7-11)26-18(19)20/h2-10,18H,1H3,(H,21,23)/t10-/m1/s1. The van der Waals surface area contributed by atoms with E-state index < -0.39 is 30.4 Å². The van der Waals surface area contributed by atoms with Gasteiger partial charge in [-0.1, -0.05) is 12.1 Å². The highest BCUT2D eigenvalue weighted by molar-refractivity contribution is 6.23. The van der Waals surface area contributed by atoms with E-state index in [0.717, 1.165) is 4.90 Å². The molecule has 0 aliphatic carbocycles. The third-order valence-electron chi connectivity index (χ3n) is 3.94. The monoisotopic (exact) mass is 360 g/mol. The molecule has 26 heavy (non-hydrogen) atoms. The Kier molecular flexibility index (Phi) is 4.66. The number of hydrogen-bond acceptors (Lipinski definition) is 4. The fraction of sp³-hybridized carbons (Fsp3) is 0.167. The number of benzene rings is 2. The number of halogens is 2. The molecule has 1 aliphatic rings. The number of nitrogens with one attached hydrogen (secondary N) is 1. The van der Waals surface area contributed by atoms with Gasteiger partial charge < -0.3 is 10.1 Å². The highest BCUT2D eigenvalue weighted by Gasteiger charge is 2.40. The third kappa shape index (κ3) is 3.26. The van der Waals surface area contributed by atoms with Gasteiger partial charge in [-0.3, -0.25) is 19.3 Å². The van der Waals surface area contributed by atoms with Crippen molar-refractivity contribution in [1.29, 1.82) is 0 Å². The maximum Gasteiger partial charge on any atom is 0.387 e. The van der Waals surface area contributed by atoms with Crippen molar-refractivity contribution in [1.82, 2.24) is 4.90 Å². The predicted molar refractivity (Wildman–Crippen MR) is 88.1 cm³/mol. The molecule has 3 rings (SSSR count). The first-order chi connectivity index (χ1) is 12.4. The highest BCUT2D eigenvalue weighted by atomic mass is 19.3. The van der Waals surface area contributed by atoms with E-state index in [1.165, 1.54) is 43.3 Å². The first-order valence-electron chi connectivity index (χ1n) is 7.71. The zero-order valence-corrected chi connectivity index (χ0v) is 13.6. The van der Waals surface area contributed by atoms with Crippen LogP contribution in [0.25, 0.3) is 0 Å². The summed E-state index contributed by atoms with van der Waals surface area (Å²) in [6.45, 7) is -1.50. The second-order valence-corrected chi connectivity index (χ2v) is 5.59. The van der Waals surface area contributed by atoms with Crippen LogP contribution < -0.4 is 10.1 Å². The highest BCUT2D eigenvalue weighted by Crippen LogP contribution is 2.25. The number of hydrogen-bond donors (Lipinski definition) is 1. The second-order valence-electron chi connectivity index (χ2n) is 5.59. The number of carbonyl (C=O) groups excluding carboxylic acids is 3. The summed E-state index contributed by atoms with van der Waals surface area (Å²) < 4.78 is 28.5. The normalized spacial score (nSPS) is 14.4. The summed E-state index contributed by atoms with van der Waals surface area (Å²) in [5.41, 5.74) is 0.830. The summed E-state index contributed by atoms with van der Waals surface area (Å²) in [5.74, 6) is -1.70. The molecule has 0 radical (unpaired) electrons. The number of alkyl halides is 2. The molecular weight excluding hydrogens is 346 g/mol. The lowest BCUT2D eigenvalue weighted by Gasteiger charge is -2.21. The van der Waals surface area contributed by atoms with Gasteiger partial charge in [0.25, 0.3) is 11.8 Å². The molecule has 134 valence electrons. The molecule has 0 aromatic heterocycles. The molecule has 0 unspecified atom stereocenters. The Morgan fingerprint density at radius 3 is 2.04 bits per heavy atom. The zero-order chi connectivity index (χ0) is 18.8. The lowest BCUT2D eigenvalue weighted by Crippen LogP contribution is -2.45. The molecular formula is C18H14F2N2O4. The Morgan fingerprint density at radius 1 is 1.00 bits per heavy atom. The first-order valence-corrected chi connectivity index (χ1v) is 7.71. The van der Waals surface area contributed by atoms with E-state index in [1.807, 2.05) is 0 Å². The van der Waals surface area contributed by atoms with Crippen LogP contribution in [0.3, 0.4) is 0 Å².